The lowest BCUT2D eigenvalue weighted by molar-refractivity contribution is -0.170. The lowest BCUT2D eigenvalue weighted by atomic mass is 10.1. The van der Waals surface area contributed by atoms with Crippen LogP contribution in [0.2, 0.25) is 0 Å². The average Bonchev–Trinajstić information content (AvgIpc) is 2.82. The molecular formula is C28H30F3NO5. The summed E-state index contributed by atoms with van der Waals surface area (Å²) in [6.45, 7) is 8.80. The summed E-state index contributed by atoms with van der Waals surface area (Å²) in [5.74, 6) is 0.857. The van der Waals surface area contributed by atoms with E-state index in [-0.39, 0.29) is 6.61 Å². The molecule has 0 unspecified atom stereocenters. The van der Waals surface area contributed by atoms with Gasteiger partial charge in [0.05, 0.1) is 23.9 Å². The van der Waals surface area contributed by atoms with Gasteiger partial charge < -0.3 is 18.9 Å². The molecule has 6 nitrogen and oxygen atoms in total. The summed E-state index contributed by atoms with van der Waals surface area (Å²) < 4.78 is 60.9. The molecule has 0 aliphatic carbocycles. The number of esters is 1. The van der Waals surface area contributed by atoms with E-state index >= 15 is 0 Å². The first-order chi connectivity index (χ1) is 17.2. The van der Waals surface area contributed by atoms with E-state index in [4.69, 9.17) is 18.9 Å². The summed E-state index contributed by atoms with van der Waals surface area (Å²) in [5, 5.41) is 0. The minimum absolute atomic E-state index is 0.146. The van der Waals surface area contributed by atoms with Crippen molar-refractivity contribution in [2.45, 2.75) is 58.6 Å². The SMILES string of the molecule is COc1nc(-c2ccc(C(F)(F)F)cc2)ccc1COc1ccc(OC(C)(C)C(=O)OC(C)(C)C)cc1. The molecule has 0 radical (unpaired) electrons. The van der Waals surface area contributed by atoms with Gasteiger partial charge in [0, 0.05) is 5.56 Å². The topological polar surface area (TPSA) is 66.9 Å². The minimum atomic E-state index is -4.40. The van der Waals surface area contributed by atoms with Crippen LogP contribution in [0.25, 0.3) is 11.3 Å². The highest BCUT2D eigenvalue weighted by molar-refractivity contribution is 5.79. The van der Waals surface area contributed by atoms with Crippen LogP contribution in [-0.2, 0) is 22.3 Å². The lowest BCUT2D eigenvalue weighted by Gasteiger charge is -2.29. The molecule has 0 bridgehead atoms. The molecule has 198 valence electrons. The Balaban J connectivity index is 1.65. The van der Waals surface area contributed by atoms with Crippen molar-refractivity contribution in [1.82, 2.24) is 4.98 Å². The van der Waals surface area contributed by atoms with E-state index in [1.54, 1.807) is 71.0 Å². The summed E-state index contributed by atoms with van der Waals surface area (Å²) in [4.78, 5) is 16.8. The van der Waals surface area contributed by atoms with E-state index in [0.29, 0.717) is 34.2 Å². The molecule has 0 saturated carbocycles. The minimum Gasteiger partial charge on any atom is -0.489 e. The number of nitrogens with zero attached hydrogens (tertiary/aromatic N) is 1. The molecule has 1 heterocycles. The molecule has 0 amide bonds. The highest BCUT2D eigenvalue weighted by Crippen LogP contribution is 2.32. The average molecular weight is 518 g/mol. The number of alkyl halides is 3. The predicted octanol–water partition coefficient (Wildman–Crippen LogP) is 6.85. The molecule has 3 aromatic rings. The van der Waals surface area contributed by atoms with E-state index < -0.39 is 28.9 Å². The second-order valence-corrected chi connectivity index (χ2v) is 9.81. The second-order valence-electron chi connectivity index (χ2n) is 9.81. The molecule has 0 aliphatic heterocycles. The van der Waals surface area contributed by atoms with Gasteiger partial charge in [0.25, 0.3) is 0 Å². The van der Waals surface area contributed by atoms with Crippen LogP contribution in [0.15, 0.2) is 60.7 Å². The highest BCUT2D eigenvalue weighted by Gasteiger charge is 2.35. The lowest BCUT2D eigenvalue weighted by Crippen LogP contribution is -2.43. The van der Waals surface area contributed by atoms with Crippen LogP contribution < -0.4 is 14.2 Å². The van der Waals surface area contributed by atoms with E-state index in [0.717, 1.165) is 12.1 Å². The van der Waals surface area contributed by atoms with Gasteiger partial charge in [-0.2, -0.15) is 13.2 Å². The molecule has 0 atom stereocenters. The number of ether oxygens (including phenoxy) is 4. The zero-order valence-electron chi connectivity index (χ0n) is 21.6. The Morgan fingerprint density at radius 2 is 1.43 bits per heavy atom. The van der Waals surface area contributed by atoms with Crippen molar-refractivity contribution in [3.8, 4) is 28.6 Å². The van der Waals surface area contributed by atoms with Crippen molar-refractivity contribution < 1.29 is 36.9 Å². The summed E-state index contributed by atoms with van der Waals surface area (Å²) in [6, 6.07) is 15.0. The number of carbonyl (C=O) groups is 1. The van der Waals surface area contributed by atoms with Crippen molar-refractivity contribution >= 4 is 5.97 Å². The number of methoxy groups -OCH3 is 1. The number of hydrogen-bond acceptors (Lipinski definition) is 6. The number of hydrogen-bond donors (Lipinski definition) is 0. The van der Waals surface area contributed by atoms with Crippen LogP contribution >= 0.6 is 0 Å². The van der Waals surface area contributed by atoms with Gasteiger partial charge in [0.15, 0.2) is 5.60 Å². The molecule has 0 spiro atoms. The molecule has 0 N–H and O–H groups in total. The van der Waals surface area contributed by atoms with Crippen LogP contribution in [0.4, 0.5) is 13.2 Å². The van der Waals surface area contributed by atoms with Crippen molar-refractivity contribution in [1.29, 1.82) is 0 Å². The maximum Gasteiger partial charge on any atom is 0.416 e. The van der Waals surface area contributed by atoms with Gasteiger partial charge >= 0.3 is 12.1 Å². The fraction of sp³-hybridized carbons (Fsp3) is 0.357. The van der Waals surface area contributed by atoms with Crippen molar-refractivity contribution in [3.63, 3.8) is 0 Å². The third-order valence-electron chi connectivity index (χ3n) is 5.12. The van der Waals surface area contributed by atoms with Gasteiger partial charge in [-0.25, -0.2) is 9.78 Å². The zero-order chi connectivity index (χ0) is 27.4. The Morgan fingerprint density at radius 1 is 0.838 bits per heavy atom. The number of carbonyl (C=O) groups excluding carboxylic acids is 1. The fourth-order valence-corrected chi connectivity index (χ4v) is 3.25. The number of rotatable bonds is 8. The molecule has 37 heavy (non-hydrogen) atoms. The third kappa shape index (κ3) is 7.62. The second kappa shape index (κ2) is 10.7. The predicted molar refractivity (Wildman–Crippen MR) is 133 cm³/mol. The fourth-order valence-electron chi connectivity index (χ4n) is 3.25. The smallest absolute Gasteiger partial charge is 0.416 e. The summed E-state index contributed by atoms with van der Waals surface area (Å²) in [6.07, 6.45) is -4.40. The van der Waals surface area contributed by atoms with E-state index in [1.807, 2.05) is 0 Å². The van der Waals surface area contributed by atoms with Gasteiger partial charge in [-0.3, -0.25) is 0 Å². The van der Waals surface area contributed by atoms with E-state index in [2.05, 4.69) is 4.98 Å². The molecule has 0 fully saturated rings. The first-order valence-corrected chi connectivity index (χ1v) is 11.5. The Labute approximate surface area is 214 Å². The molecular weight excluding hydrogens is 487 g/mol. The monoisotopic (exact) mass is 517 g/mol. The first-order valence-electron chi connectivity index (χ1n) is 11.5. The number of benzene rings is 2. The first kappa shape index (κ1) is 27.8. The summed E-state index contributed by atoms with van der Waals surface area (Å²) >= 11 is 0. The Hall–Kier alpha value is -3.75. The van der Waals surface area contributed by atoms with Crippen LogP contribution in [-0.4, -0.2) is 29.3 Å². The molecule has 0 aliphatic rings. The quantitative estimate of drug-likeness (QED) is 0.304. The zero-order valence-corrected chi connectivity index (χ0v) is 21.6. The number of halogens is 3. The van der Waals surface area contributed by atoms with Gasteiger partial charge in [-0.15, -0.1) is 0 Å². The van der Waals surface area contributed by atoms with E-state index in [1.165, 1.54) is 19.2 Å². The van der Waals surface area contributed by atoms with Gasteiger partial charge in [0.2, 0.25) is 5.88 Å². The molecule has 1 aromatic heterocycles. The van der Waals surface area contributed by atoms with Crippen molar-refractivity contribution in [2.24, 2.45) is 0 Å². The number of pyridine rings is 1. The van der Waals surface area contributed by atoms with Crippen molar-refractivity contribution in [2.75, 3.05) is 7.11 Å². The Kier molecular flexibility index (Phi) is 8.05. The maximum atomic E-state index is 12.8. The van der Waals surface area contributed by atoms with E-state index in [9.17, 15) is 18.0 Å². The normalized spacial score (nSPS) is 12.1. The molecule has 3 rings (SSSR count). The molecule has 9 heteroatoms. The summed E-state index contributed by atoms with van der Waals surface area (Å²) in [7, 11) is 1.46. The number of aromatic nitrogens is 1. The largest absolute Gasteiger partial charge is 0.489 e. The molecule has 2 aromatic carbocycles. The standard InChI is InChI=1S/C28H30F3NO5/c1-26(2,3)37-25(33)27(4,5)36-22-14-12-21(13-15-22)35-17-19-9-16-23(32-24(19)34-6)18-7-10-20(11-8-18)28(29,30)31/h7-16H,17H2,1-6H3. The van der Waals surface area contributed by atoms with Crippen LogP contribution in [0.3, 0.4) is 0 Å². The third-order valence-corrected chi connectivity index (χ3v) is 5.12. The Bertz CT molecular complexity index is 1210. The van der Waals surface area contributed by atoms with Gasteiger partial charge in [0.1, 0.15) is 23.7 Å². The van der Waals surface area contributed by atoms with Crippen LogP contribution in [0.1, 0.15) is 45.7 Å². The highest BCUT2D eigenvalue weighted by atomic mass is 19.4. The summed E-state index contributed by atoms with van der Waals surface area (Å²) in [5.41, 5.74) is -0.861. The van der Waals surface area contributed by atoms with Gasteiger partial charge in [-0.05, 0) is 83.1 Å². The Morgan fingerprint density at radius 3 is 1.97 bits per heavy atom. The maximum absolute atomic E-state index is 12.8. The van der Waals surface area contributed by atoms with Crippen molar-refractivity contribution in [3.05, 3.63) is 71.8 Å². The van der Waals surface area contributed by atoms with Crippen LogP contribution in [0.5, 0.6) is 17.4 Å². The van der Waals surface area contributed by atoms with Gasteiger partial charge in [-0.1, -0.05) is 12.1 Å². The van der Waals surface area contributed by atoms with Crippen LogP contribution in [0, 0.1) is 0 Å². The molecule has 0 saturated heterocycles.